The third kappa shape index (κ3) is 7.18. The van der Waals surface area contributed by atoms with E-state index >= 15 is 0 Å². The van der Waals surface area contributed by atoms with Crippen LogP contribution < -0.4 is 10.1 Å². The van der Waals surface area contributed by atoms with Gasteiger partial charge in [-0.1, -0.05) is 74.6 Å². The number of ether oxygens (including phenoxy) is 1. The summed E-state index contributed by atoms with van der Waals surface area (Å²) in [7, 11) is 0. The van der Waals surface area contributed by atoms with Crippen LogP contribution in [0.15, 0.2) is 48.5 Å². The topological polar surface area (TPSA) is 21.3 Å². The first kappa shape index (κ1) is 18.5. The maximum atomic E-state index is 5.85. The highest BCUT2D eigenvalue weighted by Gasteiger charge is 1.98. The van der Waals surface area contributed by atoms with Crippen LogP contribution in [0.3, 0.4) is 0 Å². The predicted octanol–water partition coefficient (Wildman–Crippen LogP) is 5.63. The van der Waals surface area contributed by atoms with Crippen LogP contribution in [0.2, 0.25) is 0 Å². The third-order valence-corrected chi connectivity index (χ3v) is 4.24. The van der Waals surface area contributed by atoms with Crippen LogP contribution in [0.25, 0.3) is 0 Å². The summed E-state index contributed by atoms with van der Waals surface area (Å²) in [5.74, 6) is 0.930. The molecule has 2 aromatic rings. The summed E-state index contributed by atoms with van der Waals surface area (Å²) in [5, 5.41) is 3.52. The van der Waals surface area contributed by atoms with Gasteiger partial charge >= 0.3 is 0 Å². The van der Waals surface area contributed by atoms with Crippen molar-refractivity contribution in [1.82, 2.24) is 5.32 Å². The van der Waals surface area contributed by atoms with Crippen molar-refractivity contribution in [2.45, 2.75) is 59.1 Å². The van der Waals surface area contributed by atoms with Crippen LogP contribution in [0.4, 0.5) is 0 Å². The average molecular weight is 325 g/mol. The molecular weight excluding hydrogens is 294 g/mol. The molecule has 2 aromatic carbocycles. The molecule has 0 aromatic heterocycles. The Labute approximate surface area is 147 Å². The highest BCUT2D eigenvalue weighted by molar-refractivity contribution is 5.28. The molecule has 0 bridgehead atoms. The van der Waals surface area contributed by atoms with Crippen LogP contribution in [0.5, 0.6) is 5.75 Å². The van der Waals surface area contributed by atoms with Crippen molar-refractivity contribution >= 4 is 0 Å². The van der Waals surface area contributed by atoms with E-state index in [1.807, 2.05) is 0 Å². The SMILES string of the molecule is CCCCCCCNCc1ccc(OCc2ccc(C)cc2)cc1. The van der Waals surface area contributed by atoms with Crippen LogP contribution in [-0.2, 0) is 13.2 Å². The van der Waals surface area contributed by atoms with Crippen LogP contribution in [0, 0.1) is 6.92 Å². The molecule has 0 saturated heterocycles. The molecule has 0 aliphatic heterocycles. The number of unbranched alkanes of at least 4 members (excludes halogenated alkanes) is 4. The molecule has 130 valence electrons. The molecule has 0 radical (unpaired) electrons. The fourth-order valence-electron chi connectivity index (χ4n) is 2.64. The molecule has 1 N–H and O–H groups in total. The zero-order chi connectivity index (χ0) is 17.0. The van der Waals surface area contributed by atoms with E-state index in [0.29, 0.717) is 6.61 Å². The van der Waals surface area contributed by atoms with Crippen molar-refractivity contribution in [3.8, 4) is 5.75 Å². The Hall–Kier alpha value is -1.80. The normalized spacial score (nSPS) is 10.8. The molecule has 0 unspecified atom stereocenters. The van der Waals surface area contributed by atoms with Gasteiger partial charge in [0, 0.05) is 6.54 Å². The molecule has 0 saturated carbocycles. The summed E-state index contributed by atoms with van der Waals surface area (Å²) in [6.45, 7) is 7.02. The van der Waals surface area contributed by atoms with E-state index in [4.69, 9.17) is 4.74 Å². The predicted molar refractivity (Wildman–Crippen MR) is 102 cm³/mol. The standard InChI is InChI=1S/C22H31NO/c1-3-4-5-6-7-16-23-17-20-12-14-22(15-13-20)24-18-21-10-8-19(2)9-11-21/h8-15,23H,3-7,16-18H2,1-2H3. The van der Waals surface area contributed by atoms with E-state index in [9.17, 15) is 0 Å². The summed E-state index contributed by atoms with van der Waals surface area (Å²) in [6.07, 6.45) is 6.66. The highest BCUT2D eigenvalue weighted by Crippen LogP contribution is 2.14. The Morgan fingerprint density at radius 3 is 2.17 bits per heavy atom. The average Bonchev–Trinajstić information content (AvgIpc) is 2.61. The van der Waals surface area contributed by atoms with Gasteiger partial charge in [-0.05, 0) is 43.1 Å². The van der Waals surface area contributed by atoms with Gasteiger partial charge in [0.25, 0.3) is 0 Å². The number of hydrogen-bond donors (Lipinski definition) is 1. The largest absolute Gasteiger partial charge is 0.489 e. The molecule has 0 aliphatic carbocycles. The number of benzene rings is 2. The Balaban J connectivity index is 1.64. The van der Waals surface area contributed by atoms with Crippen LogP contribution >= 0.6 is 0 Å². The first-order valence-corrected chi connectivity index (χ1v) is 9.26. The Morgan fingerprint density at radius 2 is 1.46 bits per heavy atom. The van der Waals surface area contributed by atoms with Gasteiger partial charge in [-0.2, -0.15) is 0 Å². The number of aryl methyl sites for hydroxylation is 1. The van der Waals surface area contributed by atoms with Gasteiger partial charge in [0.15, 0.2) is 0 Å². The van der Waals surface area contributed by atoms with Gasteiger partial charge in [0.05, 0.1) is 0 Å². The fourth-order valence-corrected chi connectivity index (χ4v) is 2.64. The Morgan fingerprint density at radius 1 is 0.792 bits per heavy atom. The molecule has 2 nitrogen and oxygen atoms in total. The second kappa shape index (κ2) is 10.9. The van der Waals surface area contributed by atoms with Crippen molar-refractivity contribution < 1.29 is 4.74 Å². The summed E-state index contributed by atoms with van der Waals surface area (Å²) < 4.78 is 5.85. The number of nitrogens with one attached hydrogen (secondary N) is 1. The quantitative estimate of drug-likeness (QED) is 0.540. The minimum absolute atomic E-state index is 0.621. The fraction of sp³-hybridized carbons (Fsp3) is 0.455. The Kier molecular flexibility index (Phi) is 8.40. The van der Waals surface area contributed by atoms with Gasteiger partial charge < -0.3 is 10.1 Å². The second-order valence-electron chi connectivity index (χ2n) is 6.51. The number of hydrogen-bond acceptors (Lipinski definition) is 2. The van der Waals surface area contributed by atoms with E-state index in [1.54, 1.807) is 0 Å². The van der Waals surface area contributed by atoms with E-state index in [1.165, 1.54) is 48.8 Å². The van der Waals surface area contributed by atoms with Crippen molar-refractivity contribution in [2.75, 3.05) is 6.54 Å². The first-order chi connectivity index (χ1) is 11.8. The molecule has 0 amide bonds. The summed E-state index contributed by atoms with van der Waals surface area (Å²) in [5.41, 5.74) is 3.79. The molecule has 2 rings (SSSR count). The number of rotatable bonds is 11. The van der Waals surface area contributed by atoms with Crippen molar-refractivity contribution in [2.24, 2.45) is 0 Å². The lowest BCUT2D eigenvalue weighted by Crippen LogP contribution is -2.14. The molecule has 0 fully saturated rings. The zero-order valence-corrected chi connectivity index (χ0v) is 15.2. The van der Waals surface area contributed by atoms with E-state index in [2.05, 4.69) is 67.7 Å². The van der Waals surface area contributed by atoms with Gasteiger partial charge in [-0.15, -0.1) is 0 Å². The van der Waals surface area contributed by atoms with Crippen molar-refractivity contribution in [1.29, 1.82) is 0 Å². The minimum Gasteiger partial charge on any atom is -0.489 e. The molecule has 0 aliphatic rings. The molecule has 24 heavy (non-hydrogen) atoms. The highest BCUT2D eigenvalue weighted by atomic mass is 16.5. The Bertz CT molecular complexity index is 560. The molecule has 0 heterocycles. The van der Waals surface area contributed by atoms with Gasteiger partial charge in [0.1, 0.15) is 12.4 Å². The zero-order valence-electron chi connectivity index (χ0n) is 15.2. The summed E-state index contributed by atoms with van der Waals surface area (Å²) in [6, 6.07) is 16.9. The van der Waals surface area contributed by atoms with Gasteiger partial charge in [0.2, 0.25) is 0 Å². The maximum absolute atomic E-state index is 5.85. The molecule has 0 atom stereocenters. The van der Waals surface area contributed by atoms with Gasteiger partial charge in [-0.25, -0.2) is 0 Å². The minimum atomic E-state index is 0.621. The van der Waals surface area contributed by atoms with Crippen molar-refractivity contribution in [3.63, 3.8) is 0 Å². The summed E-state index contributed by atoms with van der Waals surface area (Å²) in [4.78, 5) is 0. The third-order valence-electron chi connectivity index (χ3n) is 4.24. The first-order valence-electron chi connectivity index (χ1n) is 9.26. The van der Waals surface area contributed by atoms with E-state index in [0.717, 1.165) is 18.8 Å². The molecular formula is C22H31NO. The summed E-state index contributed by atoms with van der Waals surface area (Å²) >= 11 is 0. The van der Waals surface area contributed by atoms with Crippen LogP contribution in [0.1, 0.15) is 55.7 Å². The lowest BCUT2D eigenvalue weighted by molar-refractivity contribution is 0.306. The van der Waals surface area contributed by atoms with Crippen molar-refractivity contribution in [3.05, 3.63) is 65.2 Å². The van der Waals surface area contributed by atoms with E-state index < -0.39 is 0 Å². The molecule has 2 heteroatoms. The lowest BCUT2D eigenvalue weighted by atomic mass is 10.1. The van der Waals surface area contributed by atoms with Crippen LogP contribution in [-0.4, -0.2) is 6.54 Å². The maximum Gasteiger partial charge on any atom is 0.119 e. The second-order valence-corrected chi connectivity index (χ2v) is 6.51. The van der Waals surface area contributed by atoms with Gasteiger partial charge in [-0.3, -0.25) is 0 Å². The lowest BCUT2D eigenvalue weighted by Gasteiger charge is -2.08. The smallest absolute Gasteiger partial charge is 0.119 e. The van der Waals surface area contributed by atoms with E-state index in [-0.39, 0.29) is 0 Å². The molecule has 0 spiro atoms. The monoisotopic (exact) mass is 325 g/mol.